The number of nitrogens with zero attached hydrogens (tertiary/aromatic N) is 3. The third kappa shape index (κ3) is 4.84. The van der Waals surface area contributed by atoms with E-state index in [9.17, 15) is 4.79 Å². The van der Waals surface area contributed by atoms with Crippen molar-refractivity contribution in [2.45, 2.75) is 19.3 Å². The zero-order valence-corrected chi connectivity index (χ0v) is 8.47. The third-order valence-electron chi connectivity index (χ3n) is 2.02. The summed E-state index contributed by atoms with van der Waals surface area (Å²) in [5.41, 5.74) is 9.07. The lowest BCUT2D eigenvalue weighted by atomic mass is 10.1. The quantitative estimate of drug-likeness (QED) is 0.303. The molecule has 0 unspecified atom stereocenters. The van der Waals surface area contributed by atoms with Crippen molar-refractivity contribution in [1.29, 1.82) is 0 Å². The van der Waals surface area contributed by atoms with Gasteiger partial charge in [-0.25, -0.2) is 0 Å². The minimum Gasteiger partial charge on any atom is -0.299 e. The van der Waals surface area contributed by atoms with E-state index in [1.54, 1.807) is 0 Å². The average Bonchev–Trinajstić information content (AvgIpc) is 2.26. The Bertz CT molecular complexity index is 355. The topological polar surface area (TPSA) is 65.8 Å². The van der Waals surface area contributed by atoms with Crippen LogP contribution in [0.15, 0.2) is 35.4 Å². The standard InChI is InChI=1S/C11H13N3O/c12-14-13-8-4-7-11(15)9-10-5-2-1-3-6-10/h1-3,5-6H,4,7-9H2. The lowest BCUT2D eigenvalue weighted by molar-refractivity contribution is -0.118. The molecule has 1 aromatic carbocycles. The summed E-state index contributed by atoms with van der Waals surface area (Å²) >= 11 is 0. The van der Waals surface area contributed by atoms with Gasteiger partial charge in [0, 0.05) is 24.3 Å². The van der Waals surface area contributed by atoms with Gasteiger partial charge in [-0.3, -0.25) is 4.79 Å². The molecular formula is C11H13N3O. The van der Waals surface area contributed by atoms with Crippen LogP contribution in [0.1, 0.15) is 18.4 Å². The first-order valence-electron chi connectivity index (χ1n) is 4.89. The smallest absolute Gasteiger partial charge is 0.137 e. The van der Waals surface area contributed by atoms with E-state index in [0.717, 1.165) is 5.56 Å². The Morgan fingerprint density at radius 1 is 1.33 bits per heavy atom. The van der Waals surface area contributed by atoms with Gasteiger partial charge in [-0.15, -0.1) is 0 Å². The molecule has 0 aliphatic rings. The first kappa shape index (κ1) is 11.3. The second kappa shape index (κ2) is 6.62. The minimum atomic E-state index is 0.189. The monoisotopic (exact) mass is 203 g/mol. The number of hydrogen-bond donors (Lipinski definition) is 0. The molecular weight excluding hydrogens is 190 g/mol. The molecule has 0 heterocycles. The van der Waals surface area contributed by atoms with Crippen molar-refractivity contribution in [3.05, 3.63) is 46.3 Å². The van der Waals surface area contributed by atoms with Gasteiger partial charge in [0.25, 0.3) is 0 Å². The minimum absolute atomic E-state index is 0.189. The van der Waals surface area contributed by atoms with Crippen LogP contribution in [0.2, 0.25) is 0 Å². The van der Waals surface area contributed by atoms with E-state index in [4.69, 9.17) is 5.53 Å². The normalized spacial score (nSPS) is 9.33. The number of hydrogen-bond acceptors (Lipinski definition) is 2. The van der Waals surface area contributed by atoms with Crippen molar-refractivity contribution >= 4 is 5.78 Å². The summed E-state index contributed by atoms with van der Waals surface area (Å²) in [4.78, 5) is 14.1. The van der Waals surface area contributed by atoms with Gasteiger partial charge in [0.15, 0.2) is 0 Å². The molecule has 15 heavy (non-hydrogen) atoms. The van der Waals surface area contributed by atoms with Crippen LogP contribution in [0.3, 0.4) is 0 Å². The van der Waals surface area contributed by atoms with Crippen molar-refractivity contribution < 1.29 is 4.79 Å². The Balaban J connectivity index is 2.27. The molecule has 4 nitrogen and oxygen atoms in total. The van der Waals surface area contributed by atoms with Crippen LogP contribution >= 0.6 is 0 Å². The molecule has 0 bridgehead atoms. The number of carbonyl (C=O) groups excluding carboxylic acids is 1. The van der Waals surface area contributed by atoms with E-state index in [1.165, 1.54) is 0 Å². The largest absolute Gasteiger partial charge is 0.299 e. The predicted molar refractivity (Wildman–Crippen MR) is 58.4 cm³/mol. The highest BCUT2D eigenvalue weighted by Gasteiger charge is 2.02. The first-order chi connectivity index (χ1) is 7.33. The van der Waals surface area contributed by atoms with Crippen molar-refractivity contribution in [1.82, 2.24) is 0 Å². The van der Waals surface area contributed by atoms with Crippen LogP contribution < -0.4 is 0 Å². The number of Topliss-reactive ketones (excluding diaryl/α,β-unsaturated/α-hetero) is 1. The molecule has 0 amide bonds. The second-order valence-electron chi connectivity index (χ2n) is 3.26. The highest BCUT2D eigenvalue weighted by molar-refractivity contribution is 5.80. The molecule has 0 radical (unpaired) electrons. The van der Waals surface area contributed by atoms with Gasteiger partial charge in [0.1, 0.15) is 5.78 Å². The van der Waals surface area contributed by atoms with E-state index < -0.39 is 0 Å². The molecule has 78 valence electrons. The van der Waals surface area contributed by atoms with Crippen LogP contribution in [0.4, 0.5) is 0 Å². The summed E-state index contributed by atoms with van der Waals surface area (Å²) < 4.78 is 0. The van der Waals surface area contributed by atoms with Crippen molar-refractivity contribution in [3.63, 3.8) is 0 Å². The molecule has 0 N–H and O–H groups in total. The Morgan fingerprint density at radius 3 is 2.73 bits per heavy atom. The molecule has 1 rings (SSSR count). The maximum absolute atomic E-state index is 11.4. The highest BCUT2D eigenvalue weighted by atomic mass is 16.1. The van der Waals surface area contributed by atoms with Crippen LogP contribution in [-0.2, 0) is 11.2 Å². The highest BCUT2D eigenvalue weighted by Crippen LogP contribution is 2.03. The van der Waals surface area contributed by atoms with E-state index >= 15 is 0 Å². The fourth-order valence-corrected chi connectivity index (χ4v) is 1.30. The fourth-order valence-electron chi connectivity index (χ4n) is 1.30. The Labute approximate surface area is 88.6 Å². The Hall–Kier alpha value is -1.80. The van der Waals surface area contributed by atoms with Crippen LogP contribution in [0, 0.1) is 0 Å². The molecule has 0 aliphatic carbocycles. The van der Waals surface area contributed by atoms with Crippen molar-refractivity contribution in [2.75, 3.05) is 6.54 Å². The van der Waals surface area contributed by atoms with Gasteiger partial charge >= 0.3 is 0 Å². The summed E-state index contributed by atoms with van der Waals surface area (Å²) in [5, 5.41) is 3.38. The predicted octanol–water partition coefficient (Wildman–Crippen LogP) is 2.89. The molecule has 0 fully saturated rings. The summed E-state index contributed by atoms with van der Waals surface area (Å²) in [6.45, 7) is 0.400. The van der Waals surface area contributed by atoms with Gasteiger partial charge in [-0.1, -0.05) is 35.4 Å². The summed E-state index contributed by atoms with van der Waals surface area (Å²) in [5.74, 6) is 0.189. The molecule has 0 atom stereocenters. The molecule has 1 aromatic rings. The lowest BCUT2D eigenvalue weighted by Gasteiger charge is -1.99. The van der Waals surface area contributed by atoms with Crippen LogP contribution in [0.5, 0.6) is 0 Å². The maximum atomic E-state index is 11.4. The van der Waals surface area contributed by atoms with E-state index in [2.05, 4.69) is 10.0 Å². The molecule has 4 heteroatoms. The Morgan fingerprint density at radius 2 is 2.07 bits per heavy atom. The van der Waals surface area contributed by atoms with Gasteiger partial charge in [0.05, 0.1) is 0 Å². The molecule has 0 aromatic heterocycles. The second-order valence-corrected chi connectivity index (χ2v) is 3.26. The summed E-state index contributed by atoms with van der Waals surface area (Å²) in [6, 6.07) is 9.64. The zero-order chi connectivity index (χ0) is 10.9. The maximum Gasteiger partial charge on any atom is 0.137 e. The van der Waals surface area contributed by atoms with Gasteiger partial charge < -0.3 is 0 Å². The number of rotatable bonds is 6. The first-order valence-corrected chi connectivity index (χ1v) is 4.89. The summed E-state index contributed by atoms with van der Waals surface area (Å²) in [7, 11) is 0. The van der Waals surface area contributed by atoms with Crippen molar-refractivity contribution in [3.8, 4) is 0 Å². The third-order valence-corrected chi connectivity index (χ3v) is 2.02. The molecule has 0 spiro atoms. The number of carbonyl (C=O) groups is 1. The van der Waals surface area contributed by atoms with Crippen LogP contribution in [-0.4, -0.2) is 12.3 Å². The van der Waals surface area contributed by atoms with Gasteiger partial charge in [0.2, 0.25) is 0 Å². The Kier molecular flexibility index (Phi) is 4.98. The molecule has 0 saturated heterocycles. The van der Waals surface area contributed by atoms with Crippen LogP contribution in [0.25, 0.3) is 10.4 Å². The van der Waals surface area contributed by atoms with E-state index in [1.807, 2.05) is 30.3 Å². The zero-order valence-electron chi connectivity index (χ0n) is 8.47. The van der Waals surface area contributed by atoms with Gasteiger partial charge in [-0.2, -0.15) is 0 Å². The van der Waals surface area contributed by atoms with E-state index in [-0.39, 0.29) is 5.78 Å². The molecule has 0 aliphatic heterocycles. The molecule has 0 saturated carbocycles. The van der Waals surface area contributed by atoms with E-state index in [0.29, 0.717) is 25.8 Å². The van der Waals surface area contributed by atoms with Gasteiger partial charge in [-0.05, 0) is 17.5 Å². The number of azide groups is 1. The SMILES string of the molecule is [N-]=[N+]=NCCCC(=O)Cc1ccccc1. The lowest BCUT2D eigenvalue weighted by Crippen LogP contribution is -2.02. The average molecular weight is 203 g/mol. The number of ketones is 1. The number of benzene rings is 1. The summed E-state index contributed by atoms with van der Waals surface area (Å²) in [6.07, 6.45) is 1.58. The van der Waals surface area contributed by atoms with Crippen molar-refractivity contribution in [2.24, 2.45) is 5.11 Å². The fraction of sp³-hybridized carbons (Fsp3) is 0.364.